The molecule has 0 bridgehead atoms. The molecule has 0 aliphatic heterocycles. The molecule has 3 atom stereocenters. The lowest BCUT2D eigenvalue weighted by Gasteiger charge is -2.36. The number of ether oxygens (including phenoxy) is 1. The maximum atomic E-state index is 12.7. The van der Waals surface area contributed by atoms with Crippen molar-refractivity contribution in [1.29, 1.82) is 0 Å². The summed E-state index contributed by atoms with van der Waals surface area (Å²) >= 11 is 0. The van der Waals surface area contributed by atoms with Gasteiger partial charge >= 0.3 is 6.03 Å². The number of aromatic nitrogens is 2. The molecule has 3 amide bonds. The van der Waals surface area contributed by atoms with Gasteiger partial charge in [0.1, 0.15) is 0 Å². The summed E-state index contributed by atoms with van der Waals surface area (Å²) in [6.07, 6.45) is 7.44. The minimum atomic E-state index is -0.190. The normalized spacial score (nSPS) is 21.9. The summed E-state index contributed by atoms with van der Waals surface area (Å²) in [5, 5.41) is 8.88. The van der Waals surface area contributed by atoms with E-state index in [-0.39, 0.29) is 30.0 Å². The van der Waals surface area contributed by atoms with Crippen LogP contribution in [0.4, 0.5) is 4.79 Å². The van der Waals surface area contributed by atoms with E-state index in [4.69, 9.17) is 4.74 Å². The SMILES string of the molecule is CCCNC(=O)N[C@@H]1C[C@@H](C(=O)NCc2cncn2CC)CC[C@H]1OCCC. The van der Waals surface area contributed by atoms with Crippen molar-refractivity contribution in [2.45, 2.75) is 78.1 Å². The molecule has 1 aromatic heterocycles. The van der Waals surface area contributed by atoms with Gasteiger partial charge in [-0.3, -0.25) is 4.79 Å². The Bertz CT molecular complexity index is 619. The molecule has 0 spiro atoms. The Morgan fingerprint density at radius 3 is 2.75 bits per heavy atom. The quantitative estimate of drug-likeness (QED) is 0.568. The van der Waals surface area contributed by atoms with Crippen molar-refractivity contribution in [2.75, 3.05) is 13.2 Å². The van der Waals surface area contributed by atoms with Gasteiger partial charge in [0.2, 0.25) is 5.91 Å². The molecule has 1 heterocycles. The van der Waals surface area contributed by atoms with Crippen LogP contribution < -0.4 is 16.0 Å². The summed E-state index contributed by atoms with van der Waals surface area (Å²) in [4.78, 5) is 29.0. The lowest BCUT2D eigenvalue weighted by atomic mass is 9.83. The van der Waals surface area contributed by atoms with E-state index in [9.17, 15) is 9.59 Å². The maximum absolute atomic E-state index is 12.7. The number of hydrogen-bond donors (Lipinski definition) is 3. The van der Waals surface area contributed by atoms with E-state index in [0.29, 0.717) is 26.1 Å². The van der Waals surface area contributed by atoms with Crippen LogP contribution in [0.5, 0.6) is 0 Å². The van der Waals surface area contributed by atoms with Crippen molar-refractivity contribution < 1.29 is 14.3 Å². The zero-order chi connectivity index (χ0) is 20.4. The molecule has 28 heavy (non-hydrogen) atoms. The number of aryl methyl sites for hydroxylation is 1. The third kappa shape index (κ3) is 6.51. The van der Waals surface area contributed by atoms with Crippen LogP contribution in [0, 0.1) is 5.92 Å². The average Bonchev–Trinajstić information content (AvgIpc) is 3.17. The molecule has 1 aliphatic rings. The van der Waals surface area contributed by atoms with Crippen molar-refractivity contribution in [3.63, 3.8) is 0 Å². The van der Waals surface area contributed by atoms with Crippen LogP contribution in [-0.2, 0) is 22.6 Å². The highest BCUT2D eigenvalue weighted by Gasteiger charge is 2.35. The van der Waals surface area contributed by atoms with E-state index >= 15 is 0 Å². The Balaban J connectivity index is 1.91. The predicted molar refractivity (Wildman–Crippen MR) is 108 cm³/mol. The number of carbonyl (C=O) groups excluding carboxylic acids is 2. The number of nitrogens with one attached hydrogen (secondary N) is 3. The molecule has 1 aliphatic carbocycles. The zero-order valence-corrected chi connectivity index (χ0v) is 17.4. The number of urea groups is 1. The first-order valence-corrected chi connectivity index (χ1v) is 10.5. The summed E-state index contributed by atoms with van der Waals surface area (Å²) in [5.41, 5.74) is 0.990. The first-order chi connectivity index (χ1) is 13.6. The first kappa shape index (κ1) is 22.2. The van der Waals surface area contributed by atoms with Crippen LogP contribution in [0.15, 0.2) is 12.5 Å². The molecule has 1 aromatic rings. The Morgan fingerprint density at radius 1 is 1.21 bits per heavy atom. The Kier molecular flexibility index (Phi) is 9.27. The van der Waals surface area contributed by atoms with Gasteiger partial charge in [-0.2, -0.15) is 0 Å². The molecule has 8 heteroatoms. The number of carbonyl (C=O) groups is 2. The smallest absolute Gasteiger partial charge is 0.315 e. The molecule has 0 aromatic carbocycles. The lowest BCUT2D eigenvalue weighted by molar-refractivity contribution is -0.127. The zero-order valence-electron chi connectivity index (χ0n) is 17.4. The van der Waals surface area contributed by atoms with E-state index in [1.165, 1.54) is 0 Å². The van der Waals surface area contributed by atoms with Crippen LogP contribution in [-0.4, -0.2) is 46.8 Å². The number of hydrogen-bond acceptors (Lipinski definition) is 4. The summed E-state index contributed by atoms with van der Waals surface area (Å²) in [5.74, 6) is -0.102. The van der Waals surface area contributed by atoms with E-state index in [1.807, 2.05) is 18.4 Å². The first-order valence-electron chi connectivity index (χ1n) is 10.5. The van der Waals surface area contributed by atoms with Gasteiger partial charge in [-0.25, -0.2) is 9.78 Å². The highest BCUT2D eigenvalue weighted by Crippen LogP contribution is 2.27. The summed E-state index contributed by atoms with van der Waals surface area (Å²) in [6.45, 7) is 8.71. The molecular weight excluding hydrogens is 358 g/mol. The van der Waals surface area contributed by atoms with Crippen molar-refractivity contribution in [3.8, 4) is 0 Å². The molecule has 2 rings (SSSR count). The summed E-state index contributed by atoms with van der Waals surface area (Å²) in [7, 11) is 0. The summed E-state index contributed by atoms with van der Waals surface area (Å²) in [6, 6.07) is -0.348. The van der Waals surface area contributed by atoms with Crippen molar-refractivity contribution in [3.05, 3.63) is 18.2 Å². The standard InChI is InChI=1S/C20H35N5O3/c1-4-9-22-20(27)24-17-11-15(7-8-18(17)28-10-5-2)19(26)23-13-16-12-21-14-25(16)6-3/h12,14-15,17-18H,4-11,13H2,1-3H3,(H,23,26)(H2,22,24,27)/t15-,17+,18+/m0/s1. The largest absolute Gasteiger partial charge is 0.376 e. The van der Waals surface area contributed by atoms with Crippen LogP contribution in [0.2, 0.25) is 0 Å². The van der Waals surface area contributed by atoms with E-state index in [1.54, 1.807) is 12.5 Å². The highest BCUT2D eigenvalue weighted by atomic mass is 16.5. The highest BCUT2D eigenvalue weighted by molar-refractivity contribution is 5.79. The molecule has 158 valence electrons. The second-order valence-electron chi connectivity index (χ2n) is 7.31. The fourth-order valence-electron chi connectivity index (χ4n) is 3.56. The number of nitrogens with zero attached hydrogens (tertiary/aromatic N) is 2. The van der Waals surface area contributed by atoms with Crippen molar-refractivity contribution >= 4 is 11.9 Å². The monoisotopic (exact) mass is 393 g/mol. The van der Waals surface area contributed by atoms with Crippen LogP contribution in [0.1, 0.15) is 58.6 Å². The lowest BCUT2D eigenvalue weighted by Crippen LogP contribution is -2.53. The third-order valence-corrected chi connectivity index (χ3v) is 5.13. The Labute approximate surface area is 167 Å². The van der Waals surface area contributed by atoms with E-state index in [0.717, 1.165) is 37.9 Å². The predicted octanol–water partition coefficient (Wildman–Crippen LogP) is 2.19. The maximum Gasteiger partial charge on any atom is 0.315 e. The van der Waals surface area contributed by atoms with E-state index < -0.39 is 0 Å². The third-order valence-electron chi connectivity index (χ3n) is 5.13. The molecule has 0 unspecified atom stereocenters. The van der Waals surface area contributed by atoms with Gasteiger partial charge in [0.25, 0.3) is 0 Å². The fourth-order valence-corrected chi connectivity index (χ4v) is 3.56. The molecule has 3 N–H and O–H groups in total. The number of imidazole rings is 1. The second-order valence-corrected chi connectivity index (χ2v) is 7.31. The molecular formula is C20H35N5O3. The average molecular weight is 394 g/mol. The second kappa shape index (κ2) is 11.7. The van der Waals surface area contributed by atoms with Gasteiger partial charge in [0, 0.05) is 31.8 Å². The fraction of sp³-hybridized carbons (Fsp3) is 0.750. The van der Waals surface area contributed by atoms with Gasteiger partial charge < -0.3 is 25.3 Å². The minimum Gasteiger partial charge on any atom is -0.376 e. The molecule has 1 fully saturated rings. The van der Waals surface area contributed by atoms with Gasteiger partial charge in [-0.15, -0.1) is 0 Å². The number of amides is 3. The van der Waals surface area contributed by atoms with Crippen molar-refractivity contribution in [1.82, 2.24) is 25.5 Å². The molecule has 8 nitrogen and oxygen atoms in total. The van der Waals surface area contributed by atoms with Crippen LogP contribution >= 0.6 is 0 Å². The van der Waals surface area contributed by atoms with Gasteiger partial charge in [-0.05, 0) is 39.0 Å². The minimum absolute atomic E-state index is 0.0264. The van der Waals surface area contributed by atoms with Gasteiger partial charge in [0.15, 0.2) is 0 Å². The van der Waals surface area contributed by atoms with E-state index in [2.05, 4.69) is 27.9 Å². The van der Waals surface area contributed by atoms with Gasteiger partial charge in [0.05, 0.1) is 30.7 Å². The van der Waals surface area contributed by atoms with Crippen LogP contribution in [0.25, 0.3) is 0 Å². The van der Waals surface area contributed by atoms with Crippen molar-refractivity contribution in [2.24, 2.45) is 5.92 Å². The van der Waals surface area contributed by atoms with Gasteiger partial charge in [-0.1, -0.05) is 13.8 Å². The Hall–Kier alpha value is -2.09. The Morgan fingerprint density at radius 2 is 2.04 bits per heavy atom. The topological polar surface area (TPSA) is 97.3 Å². The summed E-state index contributed by atoms with van der Waals surface area (Å²) < 4.78 is 7.95. The molecule has 0 saturated heterocycles. The van der Waals surface area contributed by atoms with Crippen LogP contribution in [0.3, 0.4) is 0 Å². The molecule has 0 radical (unpaired) electrons. The molecule has 1 saturated carbocycles. The number of rotatable bonds is 10.